The second-order valence-electron chi connectivity index (χ2n) is 23.2. The minimum Gasteiger partial charge on any atom is -0.394 e. The smallest absolute Gasteiger partial charge is 0.220 e. The van der Waals surface area contributed by atoms with Crippen LogP contribution in [0.5, 0.6) is 0 Å². The Morgan fingerprint density at radius 2 is 0.824 bits per heavy atom. The van der Waals surface area contributed by atoms with Gasteiger partial charge < -0.3 is 65.1 Å². The van der Waals surface area contributed by atoms with Crippen LogP contribution in [0.15, 0.2) is 109 Å². The molecule has 0 aromatic heterocycles. The number of rotatable bonds is 53. The highest BCUT2D eigenvalue weighted by Crippen LogP contribution is 2.30. The molecule has 1 amide bonds. The van der Waals surface area contributed by atoms with Crippen LogP contribution in [0.4, 0.5) is 0 Å². The number of allylic oxidation sites excluding steroid dienone is 17. The third-order valence-corrected chi connectivity index (χ3v) is 15.7. The quantitative estimate of drug-likeness (QED) is 0.0204. The first-order chi connectivity index (χ1) is 41.6. The molecular formula is C71H121NO13. The molecule has 2 heterocycles. The van der Waals surface area contributed by atoms with Gasteiger partial charge in [-0.15, -0.1) is 0 Å². The van der Waals surface area contributed by atoms with Gasteiger partial charge in [-0.2, -0.15) is 0 Å². The summed E-state index contributed by atoms with van der Waals surface area (Å²) in [6, 6.07) is -0.949. The van der Waals surface area contributed by atoms with Crippen molar-refractivity contribution in [3.63, 3.8) is 0 Å². The molecule has 0 radical (unpaired) electrons. The van der Waals surface area contributed by atoms with Gasteiger partial charge in [-0.05, 0) is 96.3 Å². The zero-order chi connectivity index (χ0) is 61.6. The van der Waals surface area contributed by atoms with Crippen LogP contribution in [-0.4, -0.2) is 140 Å². The van der Waals surface area contributed by atoms with E-state index in [-0.39, 0.29) is 18.9 Å². The molecule has 14 nitrogen and oxygen atoms in total. The highest BCUT2D eigenvalue weighted by Gasteiger charge is 2.51. The molecule has 0 saturated carbocycles. The van der Waals surface area contributed by atoms with Crippen molar-refractivity contribution < 1.29 is 64.6 Å². The van der Waals surface area contributed by atoms with Crippen LogP contribution in [0.25, 0.3) is 0 Å². The maximum atomic E-state index is 13.3. The van der Waals surface area contributed by atoms with Crippen LogP contribution in [0, 0.1) is 0 Å². The van der Waals surface area contributed by atoms with Crippen LogP contribution in [0.2, 0.25) is 0 Å². The van der Waals surface area contributed by atoms with Gasteiger partial charge in [-0.3, -0.25) is 4.79 Å². The number of aliphatic hydroxyl groups is 8. The molecule has 12 atom stereocenters. The molecule has 0 aromatic carbocycles. The van der Waals surface area contributed by atoms with Gasteiger partial charge in [0.2, 0.25) is 5.91 Å². The predicted molar refractivity (Wildman–Crippen MR) is 345 cm³/mol. The molecule has 0 bridgehead atoms. The van der Waals surface area contributed by atoms with Gasteiger partial charge in [0.1, 0.15) is 48.8 Å². The molecule has 2 aliphatic heterocycles. The lowest BCUT2D eigenvalue weighted by molar-refractivity contribution is -0.359. The van der Waals surface area contributed by atoms with E-state index in [2.05, 4.69) is 116 Å². The van der Waals surface area contributed by atoms with Crippen molar-refractivity contribution in [2.75, 3.05) is 19.8 Å². The van der Waals surface area contributed by atoms with E-state index in [1.54, 1.807) is 6.08 Å². The number of unbranched alkanes of at least 4 members (excludes halogenated alkanes) is 24. The van der Waals surface area contributed by atoms with Gasteiger partial charge in [-0.25, -0.2) is 0 Å². The summed E-state index contributed by atoms with van der Waals surface area (Å²) in [6.07, 6.45) is 61.3. The highest BCUT2D eigenvalue weighted by molar-refractivity contribution is 5.76. The van der Waals surface area contributed by atoms with E-state index in [1.165, 1.54) is 116 Å². The first kappa shape index (κ1) is 77.7. The van der Waals surface area contributed by atoms with Crippen molar-refractivity contribution in [2.24, 2.45) is 0 Å². The molecule has 85 heavy (non-hydrogen) atoms. The molecule has 2 fully saturated rings. The maximum absolute atomic E-state index is 13.3. The molecule has 0 aromatic rings. The molecule has 0 spiro atoms. The summed E-state index contributed by atoms with van der Waals surface area (Å²) in [7, 11) is 0. The maximum Gasteiger partial charge on any atom is 0.220 e. The fourth-order valence-electron chi connectivity index (χ4n) is 10.3. The number of hydrogen-bond donors (Lipinski definition) is 9. The van der Waals surface area contributed by atoms with Gasteiger partial charge in [0.05, 0.1) is 32.0 Å². The van der Waals surface area contributed by atoms with E-state index in [9.17, 15) is 45.6 Å². The molecule has 0 aliphatic carbocycles. The molecule has 2 aliphatic rings. The summed E-state index contributed by atoms with van der Waals surface area (Å²) in [5.74, 6) is -0.262. The minimum absolute atomic E-state index is 0.258. The highest BCUT2D eigenvalue weighted by atomic mass is 16.7. The number of carbonyl (C=O) groups excluding carboxylic acids is 1. The lowest BCUT2D eigenvalue weighted by Crippen LogP contribution is -2.65. The molecular weight excluding hydrogens is 1070 g/mol. The van der Waals surface area contributed by atoms with Crippen LogP contribution < -0.4 is 5.32 Å². The normalized spacial score (nSPS) is 24.3. The number of ether oxygens (including phenoxy) is 4. The van der Waals surface area contributed by atoms with Gasteiger partial charge in [0, 0.05) is 6.42 Å². The summed E-state index contributed by atoms with van der Waals surface area (Å²) < 4.78 is 22.8. The zero-order valence-corrected chi connectivity index (χ0v) is 52.8. The summed E-state index contributed by atoms with van der Waals surface area (Å²) in [4.78, 5) is 13.3. The van der Waals surface area contributed by atoms with E-state index in [0.29, 0.717) is 12.8 Å². The Bertz CT molecular complexity index is 1840. The number of carbonyl (C=O) groups is 1. The molecule has 488 valence electrons. The molecule has 2 saturated heterocycles. The second kappa shape index (κ2) is 54.8. The third-order valence-electron chi connectivity index (χ3n) is 15.7. The minimum atomic E-state index is -1.80. The van der Waals surface area contributed by atoms with Crippen LogP contribution in [-0.2, 0) is 23.7 Å². The number of nitrogens with one attached hydrogen (secondary N) is 1. The first-order valence-electron chi connectivity index (χ1n) is 33.6. The summed E-state index contributed by atoms with van der Waals surface area (Å²) >= 11 is 0. The third kappa shape index (κ3) is 39.3. The van der Waals surface area contributed by atoms with Crippen LogP contribution >= 0.6 is 0 Å². The summed E-state index contributed by atoms with van der Waals surface area (Å²) in [6.45, 7) is 2.66. The van der Waals surface area contributed by atoms with E-state index in [0.717, 1.165) is 89.9 Å². The van der Waals surface area contributed by atoms with E-state index in [1.807, 2.05) is 6.08 Å². The van der Waals surface area contributed by atoms with Gasteiger partial charge in [0.15, 0.2) is 12.6 Å². The lowest BCUT2D eigenvalue weighted by Gasteiger charge is -2.46. The standard InChI is InChI=1S/C71H121NO13/c1-3-5-7-9-11-13-15-17-19-21-23-25-27-28-29-30-31-32-33-35-37-39-41-43-45-47-49-51-53-55-63(76)72-59(58-82-70-68(81)66(79)69(62(57-74)84-70)85-71-67(80)65(78)64(77)61(56-73)83-71)60(75)54-52-50-48-46-44-42-40-38-36-34-26-24-22-20-18-16-14-12-10-8-6-4-2/h5,7,11,13,17,19,23,25,28-29,31-32,36,38,44,46,52,54,59-62,64-71,73-75,77-81H,3-4,6,8-10,12,14-16,18,20-22,24,26-27,30,33-35,37,39-43,45,47-51,53,55-58H2,1-2H3,(H,72,76)/b7-5-,13-11-,19-17-,25-23-,29-28-,32-31-,38-36+,46-44+,54-52+. The van der Waals surface area contributed by atoms with Crippen LogP contribution in [0.3, 0.4) is 0 Å². The monoisotopic (exact) mass is 1200 g/mol. The van der Waals surface area contributed by atoms with Gasteiger partial charge >= 0.3 is 0 Å². The number of amides is 1. The Morgan fingerprint density at radius 3 is 1.29 bits per heavy atom. The average Bonchev–Trinajstić information content (AvgIpc) is 3.69. The lowest BCUT2D eigenvalue weighted by atomic mass is 9.97. The van der Waals surface area contributed by atoms with Gasteiger partial charge in [0.25, 0.3) is 0 Å². The van der Waals surface area contributed by atoms with Crippen LogP contribution in [0.1, 0.15) is 239 Å². The van der Waals surface area contributed by atoms with Crippen molar-refractivity contribution in [1.29, 1.82) is 0 Å². The Morgan fingerprint density at radius 1 is 0.435 bits per heavy atom. The van der Waals surface area contributed by atoms with E-state index in [4.69, 9.17) is 18.9 Å². The Kier molecular flexibility index (Phi) is 50.1. The van der Waals surface area contributed by atoms with Crippen molar-refractivity contribution in [3.8, 4) is 0 Å². The Labute approximate surface area is 515 Å². The first-order valence-corrected chi connectivity index (χ1v) is 33.6. The molecule has 2 rings (SSSR count). The van der Waals surface area contributed by atoms with E-state index < -0.39 is 86.8 Å². The molecule has 9 N–H and O–H groups in total. The molecule has 14 heteroatoms. The molecule has 12 unspecified atom stereocenters. The van der Waals surface area contributed by atoms with E-state index >= 15 is 0 Å². The zero-order valence-electron chi connectivity index (χ0n) is 52.8. The van der Waals surface area contributed by atoms with Crippen molar-refractivity contribution in [3.05, 3.63) is 109 Å². The largest absolute Gasteiger partial charge is 0.394 e. The fraction of sp³-hybridized carbons (Fsp3) is 0.732. The Hall–Kier alpha value is -3.35. The fourth-order valence-corrected chi connectivity index (χ4v) is 10.3. The van der Waals surface area contributed by atoms with Crippen molar-refractivity contribution >= 4 is 5.91 Å². The SMILES string of the molecule is CC/C=C\C/C=C\C/C=C\C/C=C\C/C=C\C/C=C\CCCCCCCCCCCCC(=O)NC(COC1OC(CO)C(OC2OC(CO)C(O)C(O)C2O)C(O)C1O)C(O)/C=C/CC/C=C/CC/C=C/CCCCCCCCCCCCCC. The topological polar surface area (TPSA) is 228 Å². The van der Waals surface area contributed by atoms with Gasteiger partial charge in [-0.1, -0.05) is 245 Å². The van der Waals surface area contributed by atoms with Crippen molar-refractivity contribution in [2.45, 2.75) is 312 Å². The number of aliphatic hydroxyl groups excluding tert-OH is 8. The summed E-state index contributed by atoms with van der Waals surface area (Å²) in [5, 5.41) is 87.3. The average molecular weight is 1200 g/mol. The number of hydrogen-bond acceptors (Lipinski definition) is 13. The predicted octanol–water partition coefficient (Wildman–Crippen LogP) is 13.2. The second-order valence-corrected chi connectivity index (χ2v) is 23.2. The summed E-state index contributed by atoms with van der Waals surface area (Å²) in [5.41, 5.74) is 0. The Balaban J connectivity index is 1.73. The van der Waals surface area contributed by atoms with Crippen molar-refractivity contribution in [1.82, 2.24) is 5.32 Å².